The second-order valence-corrected chi connectivity index (χ2v) is 5.29. The van der Waals surface area contributed by atoms with Crippen molar-refractivity contribution in [3.05, 3.63) is 64.2 Å². The van der Waals surface area contributed by atoms with Gasteiger partial charge in [0.1, 0.15) is 6.10 Å². The van der Waals surface area contributed by atoms with Crippen LogP contribution in [0.25, 0.3) is 0 Å². The number of nitro groups is 1. The zero-order chi connectivity index (χ0) is 15.0. The number of rotatable bonds is 4. The first-order valence-corrected chi connectivity index (χ1v) is 6.53. The van der Waals surface area contributed by atoms with Crippen LogP contribution in [-0.4, -0.2) is 16.2 Å². The van der Waals surface area contributed by atoms with Crippen molar-refractivity contribution in [2.24, 2.45) is 11.3 Å². The maximum absolute atomic E-state index is 10.9. The first-order chi connectivity index (χ1) is 10.0. The summed E-state index contributed by atoms with van der Waals surface area (Å²) in [6.45, 7) is 0. The molecule has 6 heteroatoms. The second-order valence-electron chi connectivity index (χ2n) is 5.29. The molecule has 21 heavy (non-hydrogen) atoms. The number of ether oxygens (including phenoxy) is 1. The zero-order valence-electron chi connectivity index (χ0n) is 11.0. The Morgan fingerprint density at radius 2 is 1.95 bits per heavy atom. The lowest BCUT2D eigenvalue weighted by atomic mass is 9.97. The van der Waals surface area contributed by atoms with Crippen molar-refractivity contribution in [2.75, 3.05) is 0 Å². The Balaban J connectivity index is 1.86. The predicted molar refractivity (Wildman–Crippen MR) is 73.8 cm³/mol. The van der Waals surface area contributed by atoms with Crippen molar-refractivity contribution in [3.63, 3.8) is 0 Å². The highest BCUT2D eigenvalue weighted by molar-refractivity contribution is 5.58. The number of non-ortho nitro benzene ring substituents is 1. The van der Waals surface area contributed by atoms with Crippen LogP contribution < -0.4 is 0 Å². The smallest absolute Gasteiger partial charge is 0.450 e. The fourth-order valence-corrected chi connectivity index (χ4v) is 2.90. The van der Waals surface area contributed by atoms with E-state index in [2.05, 4.69) is 0 Å². The highest BCUT2D eigenvalue weighted by atomic mass is 16.7. The standard InChI is InChI=1S/C15H13NO5/c17-14(18)21-13(12-9-15(12)7-1-2-8-15)10-3-5-11(6-4-10)16(19)20/h1-8,12-13H,9H2,(H,17,18). The van der Waals surface area contributed by atoms with Crippen molar-refractivity contribution < 1.29 is 19.6 Å². The van der Waals surface area contributed by atoms with E-state index in [1.54, 1.807) is 12.1 Å². The number of hydrogen-bond acceptors (Lipinski definition) is 4. The molecule has 0 heterocycles. The fourth-order valence-electron chi connectivity index (χ4n) is 2.90. The molecule has 108 valence electrons. The minimum absolute atomic E-state index is 0.0287. The van der Waals surface area contributed by atoms with Crippen molar-refractivity contribution in [1.82, 2.24) is 0 Å². The van der Waals surface area contributed by atoms with Gasteiger partial charge in [0.25, 0.3) is 5.69 Å². The van der Waals surface area contributed by atoms with Gasteiger partial charge in [-0.05, 0) is 24.1 Å². The van der Waals surface area contributed by atoms with Gasteiger partial charge in [-0.25, -0.2) is 4.79 Å². The summed E-state index contributed by atoms with van der Waals surface area (Å²) >= 11 is 0. The summed E-state index contributed by atoms with van der Waals surface area (Å²) in [5, 5.41) is 19.6. The molecule has 1 aromatic rings. The summed E-state index contributed by atoms with van der Waals surface area (Å²) in [5.41, 5.74) is 0.486. The van der Waals surface area contributed by atoms with Gasteiger partial charge < -0.3 is 9.84 Å². The minimum atomic E-state index is -1.34. The molecule has 0 aliphatic heterocycles. The number of nitro benzene ring substituents is 1. The van der Waals surface area contributed by atoms with Crippen LogP contribution in [0.4, 0.5) is 10.5 Å². The topological polar surface area (TPSA) is 89.7 Å². The maximum atomic E-state index is 10.9. The van der Waals surface area contributed by atoms with E-state index in [0.29, 0.717) is 5.56 Å². The zero-order valence-corrected chi connectivity index (χ0v) is 11.0. The molecule has 1 spiro atoms. The molecule has 0 saturated heterocycles. The van der Waals surface area contributed by atoms with E-state index in [1.165, 1.54) is 12.1 Å². The molecular weight excluding hydrogens is 274 g/mol. The van der Waals surface area contributed by atoms with E-state index in [-0.39, 0.29) is 17.0 Å². The third kappa shape index (κ3) is 2.40. The highest BCUT2D eigenvalue weighted by Gasteiger charge is 2.56. The lowest BCUT2D eigenvalue weighted by Gasteiger charge is -2.18. The van der Waals surface area contributed by atoms with Gasteiger partial charge in [0.15, 0.2) is 0 Å². The molecule has 1 N–H and O–H groups in total. The number of hydrogen-bond donors (Lipinski definition) is 1. The van der Waals surface area contributed by atoms with Gasteiger partial charge in [0.2, 0.25) is 0 Å². The van der Waals surface area contributed by atoms with Crippen LogP contribution in [0.5, 0.6) is 0 Å². The lowest BCUT2D eigenvalue weighted by Crippen LogP contribution is -2.14. The molecule has 0 radical (unpaired) electrons. The molecule has 1 aromatic carbocycles. The molecule has 0 amide bonds. The van der Waals surface area contributed by atoms with Gasteiger partial charge in [-0.3, -0.25) is 10.1 Å². The van der Waals surface area contributed by atoms with Crippen LogP contribution >= 0.6 is 0 Å². The van der Waals surface area contributed by atoms with E-state index in [1.807, 2.05) is 24.3 Å². The molecule has 6 nitrogen and oxygen atoms in total. The molecule has 0 aromatic heterocycles. The Morgan fingerprint density at radius 1 is 1.33 bits per heavy atom. The fraction of sp³-hybridized carbons (Fsp3) is 0.267. The van der Waals surface area contributed by atoms with Gasteiger partial charge >= 0.3 is 6.16 Å². The Hall–Kier alpha value is -2.63. The van der Waals surface area contributed by atoms with Gasteiger partial charge in [0.05, 0.1) is 4.92 Å². The van der Waals surface area contributed by atoms with E-state index in [9.17, 15) is 14.9 Å². The van der Waals surface area contributed by atoms with Gasteiger partial charge in [-0.15, -0.1) is 0 Å². The Morgan fingerprint density at radius 3 is 2.48 bits per heavy atom. The summed E-state index contributed by atoms with van der Waals surface area (Å²) < 4.78 is 5.03. The first-order valence-electron chi connectivity index (χ1n) is 6.53. The largest absolute Gasteiger partial charge is 0.506 e. The molecule has 2 atom stereocenters. The molecule has 2 aliphatic carbocycles. The summed E-state index contributed by atoms with van der Waals surface area (Å²) in [5.74, 6) is 0.0325. The monoisotopic (exact) mass is 287 g/mol. The van der Waals surface area contributed by atoms with E-state index in [0.717, 1.165) is 6.42 Å². The van der Waals surface area contributed by atoms with Gasteiger partial charge in [-0.1, -0.05) is 24.3 Å². The average Bonchev–Trinajstić information content (AvgIpc) is 2.92. The molecule has 1 saturated carbocycles. The predicted octanol–water partition coefficient (Wildman–Crippen LogP) is 3.46. The molecule has 2 aliphatic rings. The summed E-state index contributed by atoms with van der Waals surface area (Å²) in [6, 6.07) is 5.84. The van der Waals surface area contributed by atoms with Gasteiger partial charge in [0, 0.05) is 23.5 Å². The van der Waals surface area contributed by atoms with E-state index in [4.69, 9.17) is 9.84 Å². The third-order valence-corrected chi connectivity index (χ3v) is 4.05. The number of allylic oxidation sites excluding steroid dienone is 4. The van der Waals surface area contributed by atoms with E-state index < -0.39 is 17.2 Å². The number of nitrogens with zero attached hydrogens (tertiary/aromatic N) is 1. The van der Waals surface area contributed by atoms with Crippen LogP contribution in [0, 0.1) is 21.4 Å². The van der Waals surface area contributed by atoms with Crippen LogP contribution in [0.2, 0.25) is 0 Å². The van der Waals surface area contributed by atoms with Crippen LogP contribution in [0.15, 0.2) is 48.6 Å². The summed E-state index contributed by atoms with van der Waals surface area (Å²) in [6.07, 6.45) is 6.82. The number of carbonyl (C=O) groups is 1. The van der Waals surface area contributed by atoms with Crippen molar-refractivity contribution >= 4 is 11.8 Å². The number of benzene rings is 1. The van der Waals surface area contributed by atoms with Crippen LogP contribution in [0.1, 0.15) is 18.1 Å². The Kier molecular flexibility index (Phi) is 3.01. The van der Waals surface area contributed by atoms with Crippen LogP contribution in [-0.2, 0) is 4.74 Å². The molecule has 1 fully saturated rings. The molecule has 2 unspecified atom stereocenters. The maximum Gasteiger partial charge on any atom is 0.506 e. The quantitative estimate of drug-likeness (QED) is 0.520. The normalized spacial score (nSPS) is 22.2. The van der Waals surface area contributed by atoms with Crippen molar-refractivity contribution in [2.45, 2.75) is 12.5 Å². The average molecular weight is 287 g/mol. The van der Waals surface area contributed by atoms with Crippen molar-refractivity contribution in [3.8, 4) is 0 Å². The summed E-state index contributed by atoms with van der Waals surface area (Å²) in [4.78, 5) is 21.1. The SMILES string of the molecule is O=C(O)OC(c1ccc([N+](=O)[O-])cc1)C1CC12C=CC=C2. The molecule has 0 bridgehead atoms. The Bertz CT molecular complexity index is 635. The van der Waals surface area contributed by atoms with Gasteiger partial charge in [-0.2, -0.15) is 0 Å². The minimum Gasteiger partial charge on any atom is -0.450 e. The second kappa shape index (κ2) is 4.73. The highest BCUT2D eigenvalue weighted by Crippen LogP contribution is 2.62. The van der Waals surface area contributed by atoms with E-state index >= 15 is 0 Å². The first kappa shape index (κ1) is 13.4. The summed E-state index contributed by atoms with van der Waals surface area (Å²) in [7, 11) is 0. The van der Waals surface area contributed by atoms with Crippen molar-refractivity contribution in [1.29, 1.82) is 0 Å². The molecule has 3 rings (SSSR count). The lowest BCUT2D eigenvalue weighted by molar-refractivity contribution is -0.384. The Labute approximate surface area is 120 Å². The third-order valence-electron chi connectivity index (χ3n) is 4.05. The number of carboxylic acid groups (broad SMARTS) is 1. The van der Waals surface area contributed by atoms with Crippen LogP contribution in [0.3, 0.4) is 0 Å². The molecular formula is C15H13NO5.